The molecule has 7 nitrogen and oxygen atoms in total. The molecule has 0 saturated carbocycles. The van der Waals surface area contributed by atoms with Crippen LogP contribution in [0.1, 0.15) is 13.3 Å². The van der Waals surface area contributed by atoms with Crippen molar-refractivity contribution >= 4 is 29.2 Å². The lowest BCUT2D eigenvalue weighted by atomic mass is 10.2. The second-order valence-electron chi connectivity index (χ2n) is 4.15. The van der Waals surface area contributed by atoms with Gasteiger partial charge >= 0.3 is 5.69 Å². The number of anilines is 2. The molecule has 0 spiro atoms. The lowest BCUT2D eigenvalue weighted by Crippen LogP contribution is -2.31. The number of nitrogens with one attached hydrogen (secondary N) is 1. The third kappa shape index (κ3) is 3.95. The summed E-state index contributed by atoms with van der Waals surface area (Å²) in [5.74, 6) is 1.73. The van der Waals surface area contributed by atoms with Crippen LogP contribution in [0.2, 0.25) is 0 Å². The van der Waals surface area contributed by atoms with Gasteiger partial charge in [-0.1, -0.05) is 0 Å². The molecule has 1 aromatic rings. The highest BCUT2D eigenvalue weighted by Crippen LogP contribution is 2.27. The minimum absolute atomic E-state index is 0.0718. The Kier molecular flexibility index (Phi) is 5.81. The lowest BCUT2D eigenvalue weighted by molar-refractivity contribution is -0.384. The van der Waals surface area contributed by atoms with Crippen LogP contribution in [-0.2, 0) is 0 Å². The molecule has 0 bridgehead atoms. The average Bonchev–Trinajstić information content (AvgIpc) is 2.42. The van der Waals surface area contributed by atoms with Gasteiger partial charge in [0.2, 0.25) is 11.8 Å². The summed E-state index contributed by atoms with van der Waals surface area (Å²) in [6.07, 6.45) is 4.22. The van der Waals surface area contributed by atoms with Crippen molar-refractivity contribution in [2.75, 3.05) is 36.3 Å². The van der Waals surface area contributed by atoms with E-state index in [2.05, 4.69) is 15.3 Å². The van der Waals surface area contributed by atoms with Crippen LogP contribution in [-0.4, -0.2) is 47.0 Å². The van der Waals surface area contributed by atoms with Gasteiger partial charge in [-0.25, -0.2) is 4.98 Å². The molecule has 0 saturated heterocycles. The molecule has 8 heteroatoms. The zero-order valence-electron chi connectivity index (χ0n) is 11.6. The van der Waals surface area contributed by atoms with E-state index in [1.54, 1.807) is 18.8 Å². The van der Waals surface area contributed by atoms with Crippen LogP contribution in [0.4, 0.5) is 17.5 Å². The Balaban J connectivity index is 3.04. The fourth-order valence-corrected chi connectivity index (χ4v) is 2.14. The molecule has 19 heavy (non-hydrogen) atoms. The minimum atomic E-state index is -0.452. The summed E-state index contributed by atoms with van der Waals surface area (Å²) < 4.78 is 0. The number of nitrogens with zero attached hydrogens (tertiary/aromatic N) is 4. The molecule has 0 aliphatic heterocycles. The van der Waals surface area contributed by atoms with Crippen LogP contribution in [0.25, 0.3) is 0 Å². The van der Waals surface area contributed by atoms with Gasteiger partial charge in [0.05, 0.1) is 4.92 Å². The average molecular weight is 285 g/mol. The standard InChI is InChI=1S/C11H19N5O2S/c1-8(5-6-19-4)15(3)10-9(16(17)18)7-13-11(12-2)14-10/h7-8H,5-6H2,1-4H3,(H,12,13,14). The molecule has 0 amide bonds. The molecular formula is C11H19N5O2S. The molecule has 1 rings (SSSR count). The van der Waals surface area contributed by atoms with Gasteiger partial charge < -0.3 is 10.2 Å². The molecule has 106 valence electrons. The molecule has 0 aliphatic rings. The van der Waals surface area contributed by atoms with E-state index in [0.29, 0.717) is 11.8 Å². The number of nitro groups is 1. The first-order chi connectivity index (χ1) is 9.01. The third-order valence-corrected chi connectivity index (χ3v) is 3.55. The van der Waals surface area contributed by atoms with Crippen molar-refractivity contribution in [2.24, 2.45) is 0 Å². The van der Waals surface area contributed by atoms with Crippen molar-refractivity contribution in [2.45, 2.75) is 19.4 Å². The Hall–Kier alpha value is -1.57. The smallest absolute Gasteiger partial charge is 0.329 e. The summed E-state index contributed by atoms with van der Waals surface area (Å²) in [5.41, 5.74) is -0.0718. The summed E-state index contributed by atoms with van der Waals surface area (Å²) in [6, 6.07) is 0.172. The maximum atomic E-state index is 11.0. The van der Waals surface area contributed by atoms with E-state index < -0.39 is 4.92 Å². The first-order valence-electron chi connectivity index (χ1n) is 5.92. The highest BCUT2D eigenvalue weighted by atomic mass is 32.2. The zero-order valence-corrected chi connectivity index (χ0v) is 12.4. The summed E-state index contributed by atoms with van der Waals surface area (Å²) in [6.45, 7) is 2.03. The third-order valence-electron chi connectivity index (χ3n) is 2.91. The van der Waals surface area contributed by atoms with E-state index in [-0.39, 0.29) is 11.7 Å². The van der Waals surface area contributed by atoms with Gasteiger partial charge in [-0.05, 0) is 25.4 Å². The quantitative estimate of drug-likeness (QED) is 0.606. The molecule has 1 unspecified atom stereocenters. The summed E-state index contributed by atoms with van der Waals surface area (Å²) >= 11 is 1.76. The second kappa shape index (κ2) is 7.13. The van der Waals surface area contributed by atoms with Crippen LogP contribution >= 0.6 is 11.8 Å². The van der Waals surface area contributed by atoms with E-state index in [4.69, 9.17) is 0 Å². The predicted octanol–water partition coefficient (Wildman–Crippen LogP) is 2.00. The maximum Gasteiger partial charge on any atom is 0.329 e. The largest absolute Gasteiger partial charge is 0.357 e. The Labute approximate surface area is 117 Å². The van der Waals surface area contributed by atoms with Crippen molar-refractivity contribution in [3.63, 3.8) is 0 Å². The highest BCUT2D eigenvalue weighted by molar-refractivity contribution is 7.98. The van der Waals surface area contributed by atoms with Gasteiger partial charge in [0.1, 0.15) is 6.20 Å². The maximum absolute atomic E-state index is 11.0. The Morgan fingerprint density at radius 2 is 2.32 bits per heavy atom. The fourth-order valence-electron chi connectivity index (χ4n) is 1.57. The molecule has 0 aromatic carbocycles. The number of rotatable bonds is 7. The minimum Gasteiger partial charge on any atom is -0.357 e. The first kappa shape index (κ1) is 15.5. The highest BCUT2D eigenvalue weighted by Gasteiger charge is 2.23. The second-order valence-corrected chi connectivity index (χ2v) is 5.14. The molecule has 1 N–H and O–H groups in total. The van der Waals surface area contributed by atoms with Crippen LogP contribution in [0.5, 0.6) is 0 Å². The lowest BCUT2D eigenvalue weighted by Gasteiger charge is -2.25. The van der Waals surface area contributed by atoms with Gasteiger partial charge in [-0.2, -0.15) is 16.7 Å². The van der Waals surface area contributed by atoms with Gasteiger partial charge in [-0.3, -0.25) is 10.1 Å². The van der Waals surface area contributed by atoms with E-state index in [1.165, 1.54) is 6.20 Å². The van der Waals surface area contributed by atoms with E-state index in [9.17, 15) is 10.1 Å². The van der Waals surface area contributed by atoms with E-state index in [0.717, 1.165) is 12.2 Å². The van der Waals surface area contributed by atoms with Gasteiger partial charge in [0, 0.05) is 20.1 Å². The fraction of sp³-hybridized carbons (Fsp3) is 0.636. The van der Waals surface area contributed by atoms with Crippen molar-refractivity contribution in [3.05, 3.63) is 16.3 Å². The topological polar surface area (TPSA) is 84.2 Å². The monoisotopic (exact) mass is 285 g/mol. The van der Waals surface area contributed by atoms with Gasteiger partial charge in [-0.15, -0.1) is 0 Å². The number of hydrogen-bond donors (Lipinski definition) is 1. The number of hydrogen-bond acceptors (Lipinski definition) is 7. The van der Waals surface area contributed by atoms with Crippen molar-refractivity contribution in [3.8, 4) is 0 Å². The molecular weight excluding hydrogens is 266 g/mol. The summed E-state index contributed by atoms with van der Waals surface area (Å²) in [5, 5.41) is 13.8. The summed E-state index contributed by atoms with van der Waals surface area (Å²) in [4.78, 5) is 20.5. The van der Waals surface area contributed by atoms with Crippen LogP contribution in [0.3, 0.4) is 0 Å². The van der Waals surface area contributed by atoms with E-state index >= 15 is 0 Å². The SMILES string of the molecule is CNc1ncc([N+](=O)[O-])c(N(C)C(C)CCSC)n1. The molecule has 0 aliphatic carbocycles. The normalized spacial score (nSPS) is 12.0. The molecule has 1 atom stereocenters. The van der Waals surface area contributed by atoms with E-state index in [1.807, 2.05) is 25.1 Å². The Morgan fingerprint density at radius 1 is 1.63 bits per heavy atom. The zero-order chi connectivity index (χ0) is 14.4. The first-order valence-corrected chi connectivity index (χ1v) is 7.31. The van der Waals surface area contributed by atoms with Crippen LogP contribution in [0, 0.1) is 10.1 Å². The van der Waals surface area contributed by atoms with Crippen LogP contribution < -0.4 is 10.2 Å². The van der Waals surface area contributed by atoms with Gasteiger partial charge in [0.15, 0.2) is 0 Å². The van der Waals surface area contributed by atoms with Crippen molar-refractivity contribution in [1.82, 2.24) is 9.97 Å². The van der Waals surface area contributed by atoms with Crippen LogP contribution in [0.15, 0.2) is 6.20 Å². The van der Waals surface area contributed by atoms with Crippen molar-refractivity contribution < 1.29 is 4.92 Å². The van der Waals surface area contributed by atoms with Crippen molar-refractivity contribution in [1.29, 1.82) is 0 Å². The molecule has 1 aromatic heterocycles. The predicted molar refractivity (Wildman–Crippen MR) is 79.1 cm³/mol. The molecule has 1 heterocycles. The number of aromatic nitrogens is 2. The molecule has 0 radical (unpaired) electrons. The number of thioether (sulfide) groups is 1. The Bertz CT molecular complexity index is 443. The van der Waals surface area contributed by atoms with Gasteiger partial charge in [0.25, 0.3) is 0 Å². The molecule has 0 fully saturated rings. The summed E-state index contributed by atoms with van der Waals surface area (Å²) in [7, 11) is 3.50. The Morgan fingerprint density at radius 3 is 2.84 bits per heavy atom.